The van der Waals surface area contributed by atoms with Crippen molar-refractivity contribution in [2.75, 3.05) is 47.1 Å². The Labute approximate surface area is 148 Å². The highest BCUT2D eigenvalue weighted by Gasteiger charge is 2.40. The molecule has 1 fully saturated rings. The Kier molecular flexibility index (Phi) is 8.71. The molecule has 6 nitrogen and oxygen atoms in total. The third kappa shape index (κ3) is 6.86. The summed E-state index contributed by atoms with van der Waals surface area (Å²) in [5.74, 6) is -3.64. The van der Waals surface area contributed by atoms with Crippen LogP contribution < -0.4 is 0 Å². The van der Waals surface area contributed by atoms with E-state index in [1.165, 1.54) is 4.90 Å². The van der Waals surface area contributed by atoms with Crippen molar-refractivity contribution < 1.29 is 27.8 Å². The molecule has 8 heteroatoms. The van der Waals surface area contributed by atoms with Gasteiger partial charge >= 0.3 is 0 Å². The molecule has 1 aliphatic rings. The van der Waals surface area contributed by atoms with E-state index in [1.54, 1.807) is 19.1 Å². The number of hydrogen-bond acceptors (Lipinski definition) is 4. The van der Waals surface area contributed by atoms with E-state index >= 15 is 0 Å². The van der Waals surface area contributed by atoms with E-state index in [4.69, 9.17) is 9.47 Å². The summed E-state index contributed by atoms with van der Waals surface area (Å²) in [4.78, 5) is 28.2. The summed E-state index contributed by atoms with van der Waals surface area (Å²) < 4.78 is 36.6. The number of hydrogen-bond donors (Lipinski definition) is 0. The zero-order valence-electron chi connectivity index (χ0n) is 15.6. The van der Waals surface area contributed by atoms with Gasteiger partial charge in [0.05, 0.1) is 13.2 Å². The van der Waals surface area contributed by atoms with Crippen molar-refractivity contribution in [1.29, 1.82) is 0 Å². The van der Waals surface area contributed by atoms with Gasteiger partial charge in [0.1, 0.15) is 6.04 Å². The fourth-order valence-electron chi connectivity index (χ4n) is 3.23. The van der Waals surface area contributed by atoms with Crippen LogP contribution in [0.4, 0.5) is 8.78 Å². The van der Waals surface area contributed by atoms with Gasteiger partial charge in [-0.2, -0.15) is 0 Å². The molecule has 0 aromatic carbocycles. The fraction of sp³-hybridized carbons (Fsp3) is 0.882. The molecule has 1 heterocycles. The van der Waals surface area contributed by atoms with Crippen LogP contribution in [-0.2, 0) is 19.1 Å². The van der Waals surface area contributed by atoms with Gasteiger partial charge in [-0.1, -0.05) is 6.92 Å². The molecule has 0 saturated carbocycles. The molecule has 25 heavy (non-hydrogen) atoms. The predicted molar refractivity (Wildman–Crippen MR) is 89.5 cm³/mol. The monoisotopic (exact) mass is 364 g/mol. The molecule has 146 valence electrons. The molecule has 0 radical (unpaired) electrons. The van der Waals surface area contributed by atoms with Crippen LogP contribution in [0.1, 0.15) is 33.1 Å². The number of halogens is 2. The first kappa shape index (κ1) is 21.8. The molecule has 0 spiro atoms. The Balaban J connectivity index is 2.80. The molecule has 1 aliphatic heterocycles. The lowest BCUT2D eigenvalue weighted by Gasteiger charge is -2.32. The molecule has 0 aliphatic carbocycles. The topological polar surface area (TPSA) is 59.1 Å². The van der Waals surface area contributed by atoms with Crippen molar-refractivity contribution in [2.45, 2.75) is 45.1 Å². The van der Waals surface area contributed by atoms with Crippen molar-refractivity contribution in [3.05, 3.63) is 0 Å². The van der Waals surface area contributed by atoms with Crippen LogP contribution in [-0.4, -0.2) is 80.6 Å². The summed E-state index contributed by atoms with van der Waals surface area (Å²) in [6.45, 7) is 4.44. The Morgan fingerprint density at radius 2 is 1.88 bits per heavy atom. The summed E-state index contributed by atoms with van der Waals surface area (Å²) in [6.07, 6.45) is 0.177. The van der Waals surface area contributed by atoms with Crippen molar-refractivity contribution in [3.8, 4) is 0 Å². The molecular formula is C17H30F2N2O4. The van der Waals surface area contributed by atoms with E-state index in [2.05, 4.69) is 0 Å². The van der Waals surface area contributed by atoms with Gasteiger partial charge in [0.15, 0.2) is 0 Å². The zero-order valence-corrected chi connectivity index (χ0v) is 15.6. The smallest absolute Gasteiger partial charge is 0.245 e. The molecular weight excluding hydrogens is 334 g/mol. The molecule has 0 aromatic heterocycles. The van der Waals surface area contributed by atoms with E-state index in [0.29, 0.717) is 32.7 Å². The number of alkyl halides is 2. The van der Waals surface area contributed by atoms with E-state index < -0.39 is 17.9 Å². The van der Waals surface area contributed by atoms with Gasteiger partial charge in [-0.3, -0.25) is 9.59 Å². The minimum atomic E-state index is -2.81. The van der Waals surface area contributed by atoms with Crippen LogP contribution in [0.25, 0.3) is 0 Å². The zero-order chi connectivity index (χ0) is 19.0. The highest BCUT2D eigenvalue weighted by Crippen LogP contribution is 2.31. The fourth-order valence-corrected chi connectivity index (χ4v) is 3.23. The standard InChI is InChI=1S/C17H30F2N2O4/c1-5-14(16(23)20(6-8-24-3)7-9-25-4)21-12-13(10-15(21)22)11-17(2,18)19/h13-14H,5-12H2,1-4H3/t13-,14-/m0/s1. The van der Waals surface area contributed by atoms with Gasteiger partial charge in [0.2, 0.25) is 17.7 Å². The second-order valence-corrected chi connectivity index (χ2v) is 6.63. The van der Waals surface area contributed by atoms with Crippen molar-refractivity contribution in [3.63, 3.8) is 0 Å². The summed E-state index contributed by atoms with van der Waals surface area (Å²) in [6, 6.07) is -0.628. The number of methoxy groups -OCH3 is 2. The molecule has 2 amide bonds. The van der Waals surface area contributed by atoms with Gasteiger partial charge in [0, 0.05) is 46.7 Å². The van der Waals surface area contributed by atoms with Gasteiger partial charge in [-0.25, -0.2) is 8.78 Å². The van der Waals surface area contributed by atoms with E-state index in [0.717, 1.165) is 6.92 Å². The first-order valence-electron chi connectivity index (χ1n) is 8.67. The minimum Gasteiger partial charge on any atom is -0.383 e. The summed E-state index contributed by atoms with van der Waals surface area (Å²) >= 11 is 0. The third-order valence-corrected chi connectivity index (χ3v) is 4.38. The maximum Gasteiger partial charge on any atom is 0.245 e. The maximum absolute atomic E-state index is 13.2. The maximum atomic E-state index is 13.2. The number of carbonyl (C=O) groups is 2. The first-order chi connectivity index (χ1) is 11.7. The van der Waals surface area contributed by atoms with E-state index in [9.17, 15) is 18.4 Å². The van der Waals surface area contributed by atoms with Crippen molar-refractivity contribution >= 4 is 11.8 Å². The minimum absolute atomic E-state index is 0.0728. The van der Waals surface area contributed by atoms with E-state index in [-0.39, 0.29) is 31.2 Å². The van der Waals surface area contributed by atoms with Gasteiger partial charge < -0.3 is 19.3 Å². The molecule has 0 N–H and O–H groups in total. The van der Waals surface area contributed by atoms with Gasteiger partial charge in [0.25, 0.3) is 0 Å². The Hall–Kier alpha value is -1.28. The number of amides is 2. The molecule has 0 unspecified atom stereocenters. The second kappa shape index (κ2) is 10.0. The van der Waals surface area contributed by atoms with Crippen LogP contribution in [0, 0.1) is 5.92 Å². The number of rotatable bonds is 11. The van der Waals surface area contributed by atoms with Crippen LogP contribution in [0.2, 0.25) is 0 Å². The Morgan fingerprint density at radius 1 is 1.32 bits per heavy atom. The molecule has 1 rings (SSSR count). The Bertz CT molecular complexity index is 435. The lowest BCUT2D eigenvalue weighted by Crippen LogP contribution is -2.50. The van der Waals surface area contributed by atoms with Crippen molar-refractivity contribution in [2.24, 2.45) is 5.92 Å². The SMILES string of the molecule is CC[C@@H](C(=O)N(CCOC)CCOC)N1C[C@H](CC(C)(F)F)CC1=O. The summed E-state index contributed by atoms with van der Waals surface area (Å²) in [5, 5.41) is 0. The molecule has 0 aromatic rings. The molecule has 2 atom stereocenters. The highest BCUT2D eigenvalue weighted by molar-refractivity contribution is 5.88. The second-order valence-electron chi connectivity index (χ2n) is 6.63. The third-order valence-electron chi connectivity index (χ3n) is 4.38. The van der Waals surface area contributed by atoms with Crippen LogP contribution >= 0.6 is 0 Å². The van der Waals surface area contributed by atoms with Crippen molar-refractivity contribution in [1.82, 2.24) is 9.80 Å². The average molecular weight is 364 g/mol. The highest BCUT2D eigenvalue weighted by atomic mass is 19.3. The Morgan fingerprint density at radius 3 is 2.32 bits per heavy atom. The lowest BCUT2D eigenvalue weighted by atomic mass is 10.0. The number of likely N-dealkylation sites (tertiary alicyclic amines) is 1. The summed E-state index contributed by atoms with van der Waals surface area (Å²) in [5.41, 5.74) is 0. The van der Waals surface area contributed by atoms with Crippen LogP contribution in [0.5, 0.6) is 0 Å². The largest absolute Gasteiger partial charge is 0.383 e. The van der Waals surface area contributed by atoms with Crippen LogP contribution in [0.15, 0.2) is 0 Å². The quantitative estimate of drug-likeness (QED) is 0.561. The van der Waals surface area contributed by atoms with Crippen LogP contribution in [0.3, 0.4) is 0 Å². The number of ether oxygens (including phenoxy) is 2. The average Bonchev–Trinajstić information content (AvgIpc) is 2.86. The molecule has 0 bridgehead atoms. The predicted octanol–water partition coefficient (Wildman–Crippen LogP) is 1.78. The molecule has 1 saturated heterocycles. The number of nitrogens with zero attached hydrogens (tertiary/aromatic N) is 2. The lowest BCUT2D eigenvalue weighted by molar-refractivity contribution is -0.144. The number of carbonyl (C=O) groups excluding carboxylic acids is 2. The van der Waals surface area contributed by atoms with Gasteiger partial charge in [-0.05, 0) is 19.3 Å². The normalized spacial score (nSPS) is 19.4. The summed E-state index contributed by atoms with van der Waals surface area (Å²) in [7, 11) is 3.10. The van der Waals surface area contributed by atoms with Gasteiger partial charge in [-0.15, -0.1) is 0 Å². The first-order valence-corrected chi connectivity index (χ1v) is 8.67. The van der Waals surface area contributed by atoms with E-state index in [1.807, 2.05) is 6.92 Å².